The molecule has 0 aliphatic carbocycles. The van der Waals surface area contributed by atoms with Crippen LogP contribution in [0.15, 0.2) is 75.9 Å². The van der Waals surface area contributed by atoms with Gasteiger partial charge >= 0.3 is 0 Å². The molecule has 0 saturated heterocycles. The Morgan fingerprint density at radius 2 is 0.500 bits per heavy atom. The van der Waals surface area contributed by atoms with Crippen LogP contribution in [0.1, 0.15) is 441 Å². The van der Waals surface area contributed by atoms with Gasteiger partial charge in [-0.3, -0.25) is 0 Å². The van der Waals surface area contributed by atoms with Gasteiger partial charge in [0.05, 0.1) is 0 Å². The zero-order chi connectivity index (χ0) is 63.2. The van der Waals surface area contributed by atoms with Crippen molar-refractivity contribution in [3.05, 3.63) is 88.8 Å². The summed E-state index contributed by atoms with van der Waals surface area (Å²) in [6, 6.07) is 0. The van der Waals surface area contributed by atoms with Gasteiger partial charge in [0.15, 0.2) is 0 Å². The van der Waals surface area contributed by atoms with Crippen molar-refractivity contribution in [3.63, 3.8) is 0 Å². The van der Waals surface area contributed by atoms with Crippen molar-refractivity contribution in [1.82, 2.24) is 0 Å². The van der Waals surface area contributed by atoms with E-state index in [2.05, 4.69) is 114 Å². The molecule has 0 aromatic heterocycles. The second-order valence-corrected chi connectivity index (χ2v) is 25.3. The zero-order valence-electron chi connectivity index (χ0n) is 61.6. The Morgan fingerprint density at radius 3 is 0.756 bits per heavy atom. The van der Waals surface area contributed by atoms with Crippen molar-refractivity contribution in [1.29, 1.82) is 0 Å². The van der Waals surface area contributed by atoms with E-state index in [1.807, 2.05) is 30.4 Å². The largest absolute Gasteiger partial charge is 0.329 e. The summed E-state index contributed by atoms with van der Waals surface area (Å²) in [7, 11) is 0. The Morgan fingerprint density at radius 1 is 0.267 bits per heavy atom. The van der Waals surface area contributed by atoms with Gasteiger partial charge in [0, 0.05) is 65.4 Å². The molecule has 0 saturated carbocycles. The van der Waals surface area contributed by atoms with E-state index in [0.29, 0.717) is 0 Å². The average molecular weight is 1350 g/mol. The van der Waals surface area contributed by atoms with Gasteiger partial charge in [0.1, 0.15) is 0 Å². The molecule has 2 heteroatoms. The molecule has 0 N–H and O–H groups in total. The van der Waals surface area contributed by atoms with Crippen molar-refractivity contribution >= 4 is 0 Å². The molecular weight excluding hydrogens is 1190 g/mol. The van der Waals surface area contributed by atoms with Crippen LogP contribution in [0.25, 0.3) is 0 Å². The van der Waals surface area contributed by atoms with Gasteiger partial charge in [-0.05, 0) is 76.0 Å². The Hall–Kier alpha value is 0.518. The third-order valence-corrected chi connectivity index (χ3v) is 16.8. The summed E-state index contributed by atoms with van der Waals surface area (Å²) in [5.41, 5.74) is 0. The van der Waals surface area contributed by atoms with Crippen LogP contribution < -0.4 is 0 Å². The predicted molar refractivity (Wildman–Crippen MR) is 399 cm³/mol. The molecule has 1 atom stereocenters. The quantitative estimate of drug-likeness (QED) is 0.0323. The minimum atomic E-state index is 0. The Balaban J connectivity index is -0.000000142. The van der Waals surface area contributed by atoms with E-state index in [9.17, 15) is 0 Å². The first-order chi connectivity index (χ1) is 41.3. The van der Waals surface area contributed by atoms with Crippen LogP contribution in [0.4, 0.5) is 0 Å². The van der Waals surface area contributed by atoms with Crippen molar-refractivity contribution in [2.45, 2.75) is 441 Å². The molecule has 0 nitrogen and oxygen atoms in total. The molecule has 0 aliphatic heterocycles. The fourth-order valence-electron chi connectivity index (χ4n) is 10.7. The number of rotatable bonds is 64. The first-order valence-corrected chi connectivity index (χ1v) is 38.7. The van der Waals surface area contributed by atoms with Crippen LogP contribution in [0.5, 0.6) is 0 Å². The second kappa shape index (κ2) is 110. The fraction of sp³-hybridized carbons (Fsp3) is 0.833. The Kier molecular flexibility index (Phi) is 131. The van der Waals surface area contributed by atoms with Crippen LogP contribution in [-0.4, -0.2) is 0 Å². The van der Waals surface area contributed by atoms with E-state index in [0.717, 1.165) is 18.3 Å². The summed E-state index contributed by atoms with van der Waals surface area (Å²) in [6.07, 6.45) is 100. The van der Waals surface area contributed by atoms with Gasteiger partial charge in [-0.25, -0.2) is 19.1 Å². The molecule has 0 rings (SSSR count). The molecular formula is C84H166Y2-2. The average Bonchev–Trinajstić information content (AvgIpc) is 3.51. The maximum atomic E-state index is 3.97. The molecule has 1 unspecified atom stereocenters. The molecule has 0 aromatic rings. The first kappa shape index (κ1) is 103. The monoisotopic (exact) mass is 1350 g/mol. The molecule has 510 valence electrons. The molecule has 0 heterocycles. The van der Waals surface area contributed by atoms with Gasteiger partial charge in [0.2, 0.25) is 0 Å². The third kappa shape index (κ3) is 119. The standard InChI is InChI=1S/C17H36.C17H32.C15H32.C15H28.C10H21.C10H17.2Y/c2*1-4-7-9-11-13-15-17(6-3)16-14-12-10-8-5-2;2*1-3-5-7-9-11-13-15-14-12-10-8-6-4-2;2*1-3-5-7-9-10-8-6-4-2;;/h17H,4-16H2,1-3H3;4,6,17H,1,3,5,7-16H2,2H3;3-15H2,1-2H3;3-4H,1-2,5-15H2;5H,3-4,6-10H2,1-2H3;3-5H,1-2,6-10H2;;/q;;;;2*-1;;. The van der Waals surface area contributed by atoms with Crippen molar-refractivity contribution in [2.24, 2.45) is 11.8 Å². The van der Waals surface area contributed by atoms with Gasteiger partial charge < -0.3 is 6.42 Å². The maximum absolute atomic E-state index is 3.97. The van der Waals surface area contributed by atoms with Crippen molar-refractivity contribution in [3.8, 4) is 0 Å². The topological polar surface area (TPSA) is 0 Å². The van der Waals surface area contributed by atoms with Crippen molar-refractivity contribution < 1.29 is 65.4 Å². The van der Waals surface area contributed by atoms with Crippen LogP contribution in [0.2, 0.25) is 0 Å². The van der Waals surface area contributed by atoms with Crippen molar-refractivity contribution in [2.75, 3.05) is 0 Å². The maximum Gasteiger partial charge on any atom is 0 e. The van der Waals surface area contributed by atoms with Gasteiger partial charge in [-0.2, -0.15) is 12.8 Å². The van der Waals surface area contributed by atoms with E-state index in [4.69, 9.17) is 0 Å². The molecule has 86 heavy (non-hydrogen) atoms. The van der Waals surface area contributed by atoms with Crippen LogP contribution in [0, 0.1) is 24.7 Å². The molecule has 0 aromatic carbocycles. The van der Waals surface area contributed by atoms with Gasteiger partial charge in [-0.15, -0.1) is 39.3 Å². The summed E-state index contributed by atoms with van der Waals surface area (Å²) in [4.78, 5) is 0. The van der Waals surface area contributed by atoms with Crippen LogP contribution in [-0.2, 0) is 65.4 Å². The van der Waals surface area contributed by atoms with E-state index in [1.165, 1.54) is 379 Å². The Bertz CT molecular complexity index is 1050. The minimum absolute atomic E-state index is 0. The minimum Gasteiger partial charge on any atom is -0.329 e. The molecule has 0 spiro atoms. The summed E-state index contributed by atoms with van der Waals surface area (Å²) >= 11 is 0. The van der Waals surface area contributed by atoms with Crippen LogP contribution in [0.3, 0.4) is 0 Å². The molecule has 0 aliphatic rings. The SMILES string of the molecule is C=CCCCCCC(C=C)CCCCCCC.C=CCCCCCCCCCCCC=C.C=C[CH-]CCCCCC=C.CCCCCCCC(CC)CCCCCCC.CCCCCCCCCCCCCCC.CC[CH-]CCCCCCC.[Y].[Y]. The molecule has 2 radical (unpaired) electrons. The normalized spacial score (nSPS) is 10.5. The number of unbranched alkanes of at least 4 members (excludes halogenated alkanes) is 49. The van der Waals surface area contributed by atoms with Crippen LogP contribution >= 0.6 is 0 Å². The van der Waals surface area contributed by atoms with E-state index < -0.39 is 0 Å². The van der Waals surface area contributed by atoms with E-state index in [1.54, 1.807) is 0 Å². The first-order valence-electron chi connectivity index (χ1n) is 38.7. The van der Waals surface area contributed by atoms with E-state index >= 15 is 0 Å². The second-order valence-electron chi connectivity index (χ2n) is 25.3. The third-order valence-electron chi connectivity index (χ3n) is 16.8. The summed E-state index contributed by atoms with van der Waals surface area (Å²) in [6.45, 7) is 40.8. The Labute approximate surface area is 601 Å². The molecule has 0 amide bonds. The smallest absolute Gasteiger partial charge is 0 e. The molecule has 0 fully saturated rings. The number of allylic oxidation sites excluding steroid dienone is 6. The zero-order valence-corrected chi connectivity index (χ0v) is 67.3. The predicted octanol–water partition coefficient (Wildman–Crippen LogP) is 32.2. The fourth-order valence-corrected chi connectivity index (χ4v) is 10.7. The van der Waals surface area contributed by atoms with E-state index in [-0.39, 0.29) is 65.4 Å². The van der Waals surface area contributed by atoms with Gasteiger partial charge in [-0.1, -0.05) is 388 Å². The number of hydrogen-bond acceptors (Lipinski definition) is 0. The number of hydrogen-bond donors (Lipinski definition) is 0. The summed E-state index contributed by atoms with van der Waals surface area (Å²) in [5, 5.41) is 0. The summed E-state index contributed by atoms with van der Waals surface area (Å²) < 4.78 is 0. The van der Waals surface area contributed by atoms with Gasteiger partial charge in [0.25, 0.3) is 0 Å². The molecule has 0 bridgehead atoms. The summed E-state index contributed by atoms with van der Waals surface area (Å²) in [5.74, 6) is 1.79.